The maximum absolute atomic E-state index is 12.6. The zero-order valence-corrected chi connectivity index (χ0v) is 13.1. The zero-order valence-electron chi connectivity index (χ0n) is 12.3. The smallest absolute Gasteiger partial charge is 0.325 e. The summed E-state index contributed by atoms with van der Waals surface area (Å²) in [6.45, 7) is 1.42. The van der Waals surface area contributed by atoms with Crippen LogP contribution in [0.3, 0.4) is 0 Å². The van der Waals surface area contributed by atoms with E-state index in [1.165, 1.54) is 6.26 Å². The lowest BCUT2D eigenvalue weighted by atomic mass is 9.99. The second-order valence-electron chi connectivity index (χ2n) is 5.52. The Morgan fingerprint density at radius 3 is 2.61 bits per heavy atom. The highest BCUT2D eigenvalue weighted by atomic mass is 35.5. The van der Waals surface area contributed by atoms with Crippen molar-refractivity contribution in [3.8, 4) is 0 Å². The van der Waals surface area contributed by atoms with Crippen LogP contribution in [-0.4, -0.2) is 28.5 Å². The number of hydrogen-bond donors (Lipinski definition) is 2. The molecular formula is C16H15ClN2O4. The SMILES string of the molecule is C[C@]1(c2ccco2)NC(=O)N(C[C@H](O)c2ccc(Cl)cc2)C1=O. The molecule has 1 saturated heterocycles. The van der Waals surface area contributed by atoms with E-state index in [2.05, 4.69) is 5.32 Å². The molecule has 1 aromatic heterocycles. The number of aliphatic hydroxyl groups is 1. The number of furan rings is 1. The van der Waals surface area contributed by atoms with Crippen LogP contribution in [0.5, 0.6) is 0 Å². The van der Waals surface area contributed by atoms with Gasteiger partial charge in [0.1, 0.15) is 5.76 Å². The fourth-order valence-electron chi connectivity index (χ4n) is 2.56. The molecule has 3 rings (SSSR count). The molecule has 3 amide bonds. The molecule has 1 aliphatic rings. The van der Waals surface area contributed by atoms with E-state index in [-0.39, 0.29) is 6.54 Å². The fraction of sp³-hybridized carbons (Fsp3) is 0.250. The minimum atomic E-state index is -1.26. The standard InChI is InChI=1S/C16H15ClN2O4/c1-16(13-3-2-8-23-13)14(21)19(15(22)18-16)9-12(20)10-4-6-11(17)7-5-10/h2-8,12,20H,9H2,1H3,(H,18,22)/t12-,16+/m0/s1. The Balaban J connectivity index is 1.79. The van der Waals surface area contributed by atoms with Gasteiger partial charge in [0.05, 0.1) is 18.9 Å². The highest BCUT2D eigenvalue weighted by Crippen LogP contribution is 2.30. The predicted octanol–water partition coefficient (Wildman–Crippen LogP) is 2.43. The summed E-state index contributed by atoms with van der Waals surface area (Å²) in [5.74, 6) is -0.121. The summed E-state index contributed by atoms with van der Waals surface area (Å²) in [6, 6.07) is 9.27. The molecule has 1 aliphatic heterocycles. The molecule has 7 heteroatoms. The lowest BCUT2D eigenvalue weighted by Gasteiger charge is -2.20. The molecule has 0 radical (unpaired) electrons. The van der Waals surface area contributed by atoms with E-state index in [0.717, 1.165) is 4.90 Å². The van der Waals surface area contributed by atoms with E-state index in [0.29, 0.717) is 16.3 Å². The summed E-state index contributed by atoms with van der Waals surface area (Å²) < 4.78 is 5.25. The number of β-amino-alcohol motifs (C(OH)–C–C–N with tert-alkyl or cyclic N) is 1. The second-order valence-corrected chi connectivity index (χ2v) is 5.95. The van der Waals surface area contributed by atoms with Crippen molar-refractivity contribution in [2.45, 2.75) is 18.6 Å². The van der Waals surface area contributed by atoms with Gasteiger partial charge in [0.25, 0.3) is 5.91 Å². The van der Waals surface area contributed by atoms with Crippen LogP contribution in [0.25, 0.3) is 0 Å². The number of amides is 3. The van der Waals surface area contributed by atoms with Crippen molar-refractivity contribution in [3.05, 3.63) is 59.0 Å². The second kappa shape index (κ2) is 5.72. The number of hydrogen-bond acceptors (Lipinski definition) is 4. The summed E-state index contributed by atoms with van der Waals surface area (Å²) in [5.41, 5.74) is -0.693. The molecule has 2 atom stereocenters. The fourth-order valence-corrected chi connectivity index (χ4v) is 2.68. The van der Waals surface area contributed by atoms with Crippen molar-refractivity contribution in [3.63, 3.8) is 0 Å². The molecule has 2 heterocycles. The summed E-state index contributed by atoms with van der Waals surface area (Å²) in [6.07, 6.45) is 0.437. The number of carbonyl (C=O) groups is 2. The third-order valence-corrected chi connectivity index (χ3v) is 4.15. The Morgan fingerprint density at radius 2 is 2.00 bits per heavy atom. The lowest BCUT2D eigenvalue weighted by molar-refractivity contribution is -0.132. The number of halogens is 1. The van der Waals surface area contributed by atoms with E-state index in [4.69, 9.17) is 16.0 Å². The first-order valence-electron chi connectivity index (χ1n) is 7.03. The van der Waals surface area contributed by atoms with Gasteiger partial charge in [-0.25, -0.2) is 4.79 Å². The van der Waals surface area contributed by atoms with E-state index in [1.807, 2.05) is 0 Å². The average Bonchev–Trinajstić information content (AvgIpc) is 3.12. The van der Waals surface area contributed by atoms with Crippen LogP contribution < -0.4 is 5.32 Å². The van der Waals surface area contributed by atoms with Crippen molar-refractivity contribution in [2.24, 2.45) is 0 Å². The molecule has 120 valence electrons. The summed E-state index contributed by atoms with van der Waals surface area (Å²) in [4.78, 5) is 25.7. The van der Waals surface area contributed by atoms with Crippen LogP contribution in [0.2, 0.25) is 5.02 Å². The molecule has 6 nitrogen and oxygen atoms in total. The number of benzene rings is 1. The van der Waals surface area contributed by atoms with Gasteiger partial charge >= 0.3 is 6.03 Å². The average molecular weight is 335 g/mol. The molecule has 1 aromatic carbocycles. The maximum Gasteiger partial charge on any atom is 0.325 e. The molecular weight excluding hydrogens is 320 g/mol. The van der Waals surface area contributed by atoms with Crippen LogP contribution in [0.4, 0.5) is 4.79 Å². The van der Waals surface area contributed by atoms with Crippen molar-refractivity contribution < 1.29 is 19.1 Å². The number of nitrogens with zero attached hydrogens (tertiary/aromatic N) is 1. The van der Waals surface area contributed by atoms with E-state index >= 15 is 0 Å². The molecule has 0 aliphatic carbocycles. The molecule has 0 saturated carbocycles. The minimum absolute atomic E-state index is 0.150. The van der Waals surface area contributed by atoms with Crippen molar-refractivity contribution in [1.82, 2.24) is 10.2 Å². The van der Waals surface area contributed by atoms with Gasteiger partial charge in [-0.05, 0) is 36.8 Å². The van der Waals surface area contributed by atoms with Crippen LogP contribution in [0, 0.1) is 0 Å². The van der Waals surface area contributed by atoms with E-state index < -0.39 is 23.6 Å². The molecule has 2 aromatic rings. The number of urea groups is 1. The van der Waals surface area contributed by atoms with Gasteiger partial charge < -0.3 is 14.8 Å². The molecule has 0 bridgehead atoms. The number of carbonyl (C=O) groups excluding carboxylic acids is 2. The monoisotopic (exact) mass is 334 g/mol. The van der Waals surface area contributed by atoms with E-state index in [9.17, 15) is 14.7 Å². The van der Waals surface area contributed by atoms with Gasteiger partial charge in [-0.15, -0.1) is 0 Å². The Kier molecular flexibility index (Phi) is 3.87. The molecule has 1 fully saturated rings. The van der Waals surface area contributed by atoms with Crippen molar-refractivity contribution in [1.29, 1.82) is 0 Å². The largest absolute Gasteiger partial charge is 0.466 e. The van der Waals surface area contributed by atoms with Gasteiger partial charge in [0.15, 0.2) is 5.54 Å². The molecule has 23 heavy (non-hydrogen) atoms. The Morgan fingerprint density at radius 1 is 1.30 bits per heavy atom. The first kappa shape index (κ1) is 15.6. The molecule has 0 spiro atoms. The van der Waals surface area contributed by atoms with Crippen LogP contribution in [-0.2, 0) is 10.3 Å². The number of rotatable bonds is 4. The zero-order chi connectivity index (χ0) is 16.6. The van der Waals surface area contributed by atoms with Crippen LogP contribution in [0.1, 0.15) is 24.4 Å². The summed E-state index contributed by atoms with van der Waals surface area (Å²) in [5, 5.41) is 13.4. The topological polar surface area (TPSA) is 82.8 Å². The van der Waals surface area contributed by atoms with Gasteiger partial charge in [-0.2, -0.15) is 0 Å². The normalized spacial score (nSPS) is 22.3. The first-order valence-corrected chi connectivity index (χ1v) is 7.41. The van der Waals surface area contributed by atoms with Gasteiger partial charge in [-0.3, -0.25) is 9.69 Å². The molecule has 2 N–H and O–H groups in total. The predicted molar refractivity (Wildman–Crippen MR) is 82.7 cm³/mol. The number of aliphatic hydroxyl groups excluding tert-OH is 1. The Hall–Kier alpha value is -2.31. The Bertz CT molecular complexity index is 729. The third-order valence-electron chi connectivity index (χ3n) is 3.90. The van der Waals surface area contributed by atoms with Crippen LogP contribution in [0.15, 0.2) is 47.1 Å². The molecule has 0 unspecified atom stereocenters. The first-order chi connectivity index (χ1) is 10.9. The van der Waals surface area contributed by atoms with Crippen LogP contribution >= 0.6 is 11.6 Å². The maximum atomic E-state index is 12.6. The highest BCUT2D eigenvalue weighted by molar-refractivity contribution is 6.30. The lowest BCUT2D eigenvalue weighted by Crippen LogP contribution is -2.41. The number of imide groups is 1. The quantitative estimate of drug-likeness (QED) is 0.841. The summed E-state index contributed by atoms with van der Waals surface area (Å²) in [7, 11) is 0. The summed E-state index contributed by atoms with van der Waals surface area (Å²) >= 11 is 5.81. The van der Waals surface area contributed by atoms with Gasteiger partial charge in [0.2, 0.25) is 0 Å². The van der Waals surface area contributed by atoms with Crippen molar-refractivity contribution >= 4 is 23.5 Å². The van der Waals surface area contributed by atoms with Crippen molar-refractivity contribution in [2.75, 3.05) is 6.54 Å². The Labute approximate surface area is 137 Å². The van der Waals surface area contributed by atoms with Gasteiger partial charge in [-0.1, -0.05) is 23.7 Å². The van der Waals surface area contributed by atoms with E-state index in [1.54, 1.807) is 43.3 Å². The highest BCUT2D eigenvalue weighted by Gasteiger charge is 2.51. The third kappa shape index (κ3) is 2.71. The van der Waals surface area contributed by atoms with Gasteiger partial charge in [0, 0.05) is 5.02 Å². The minimum Gasteiger partial charge on any atom is -0.466 e. The number of nitrogens with one attached hydrogen (secondary N) is 1.